The number of benzene rings is 10. The van der Waals surface area contributed by atoms with Crippen molar-refractivity contribution in [1.29, 1.82) is 0 Å². The van der Waals surface area contributed by atoms with Crippen LogP contribution in [0, 0.1) is 35.1 Å². The van der Waals surface area contributed by atoms with E-state index in [1.807, 2.05) is 36.4 Å². The van der Waals surface area contributed by atoms with Gasteiger partial charge in [-0.15, -0.1) is 0 Å². The summed E-state index contributed by atoms with van der Waals surface area (Å²) in [4.78, 5) is 29.5. The third-order valence-corrected chi connectivity index (χ3v) is 21.0. The van der Waals surface area contributed by atoms with Gasteiger partial charge in [0.2, 0.25) is 0 Å². The van der Waals surface area contributed by atoms with Crippen LogP contribution in [0.5, 0.6) is 23.0 Å². The first-order chi connectivity index (χ1) is 48.9. The van der Waals surface area contributed by atoms with Gasteiger partial charge < -0.3 is 18.9 Å². The number of carbonyl (C=O) groups is 2. The molecule has 518 valence electrons. The Labute approximate surface area is 588 Å². The van der Waals surface area contributed by atoms with Gasteiger partial charge in [0, 0.05) is 11.1 Å². The van der Waals surface area contributed by atoms with Crippen LogP contribution in [0.2, 0.25) is 0 Å². The molecule has 12 rings (SSSR count). The molecule has 2 saturated carbocycles. The van der Waals surface area contributed by atoms with Crippen molar-refractivity contribution in [2.24, 2.45) is 11.8 Å². The highest BCUT2D eigenvalue weighted by Crippen LogP contribution is 2.49. The van der Waals surface area contributed by atoms with Crippen LogP contribution in [0.3, 0.4) is 0 Å². The monoisotopic (exact) mass is 1350 g/mol. The van der Waals surface area contributed by atoms with Gasteiger partial charge in [0.1, 0.15) is 57.4 Å². The van der Waals surface area contributed by atoms with Crippen LogP contribution in [0.25, 0.3) is 77.2 Å². The highest BCUT2D eigenvalue weighted by atomic mass is 19.1. The number of ether oxygens (including phenoxy) is 4. The lowest BCUT2D eigenvalue weighted by molar-refractivity contribution is 0.0712. The van der Waals surface area contributed by atoms with E-state index in [2.05, 4.69) is 76.2 Å². The Morgan fingerprint density at radius 2 is 0.670 bits per heavy atom. The summed E-state index contributed by atoms with van der Waals surface area (Å²) in [7, 11) is 0. The van der Waals surface area contributed by atoms with Gasteiger partial charge >= 0.3 is 11.9 Å². The predicted molar refractivity (Wildman–Crippen MR) is 399 cm³/mol. The minimum Gasteiger partial charge on any atom is -0.494 e. The number of halogens is 4. The van der Waals surface area contributed by atoms with E-state index in [0.717, 1.165) is 103 Å². The molecular weight excluding hydrogens is 1250 g/mol. The summed E-state index contributed by atoms with van der Waals surface area (Å²) in [6, 6.07) is 54.3. The maximum Gasteiger partial charge on any atom is 0.349 e. The van der Waals surface area contributed by atoms with Crippen LogP contribution in [0.15, 0.2) is 182 Å². The topological polar surface area (TPSA) is 71.1 Å². The van der Waals surface area contributed by atoms with E-state index in [0.29, 0.717) is 69.2 Å². The third kappa shape index (κ3) is 17.1. The molecule has 0 radical (unpaired) electrons. The van der Waals surface area contributed by atoms with E-state index in [-0.39, 0.29) is 33.8 Å². The zero-order valence-corrected chi connectivity index (χ0v) is 58.6. The molecule has 0 aliphatic heterocycles. The lowest BCUT2D eigenvalue weighted by Gasteiger charge is -2.28. The Morgan fingerprint density at radius 3 is 1.04 bits per heavy atom. The Bertz CT molecular complexity index is 4370. The number of carbonyl (C=O) groups excluding carboxylic acids is 2. The van der Waals surface area contributed by atoms with Gasteiger partial charge in [0.25, 0.3) is 0 Å². The molecule has 0 unspecified atom stereocenters. The summed E-state index contributed by atoms with van der Waals surface area (Å²) in [5.41, 5.74) is 6.49. The molecule has 0 N–H and O–H groups in total. The summed E-state index contributed by atoms with van der Waals surface area (Å²) in [6.07, 6.45) is 25.6. The van der Waals surface area contributed by atoms with Crippen molar-refractivity contribution in [3.8, 4) is 78.6 Å². The van der Waals surface area contributed by atoms with Gasteiger partial charge in [0.05, 0.1) is 13.2 Å². The molecule has 0 amide bonds. The van der Waals surface area contributed by atoms with Gasteiger partial charge in [0.15, 0.2) is 0 Å². The molecule has 2 fully saturated rings. The summed E-state index contributed by atoms with van der Waals surface area (Å²) < 4.78 is 91.2. The largest absolute Gasteiger partial charge is 0.494 e. The Kier molecular flexibility index (Phi) is 24.0. The molecule has 0 saturated heterocycles. The summed E-state index contributed by atoms with van der Waals surface area (Å²) in [5, 5.41) is 2.42. The van der Waals surface area contributed by atoms with Crippen molar-refractivity contribution in [3.63, 3.8) is 0 Å². The first-order valence-corrected chi connectivity index (χ1v) is 37.1. The van der Waals surface area contributed by atoms with Crippen molar-refractivity contribution in [3.05, 3.63) is 228 Å². The standard InChI is InChI=1S/C90H94F4O6/c1-5-9-11-13-14-16-52-98-76-45-37-68(38-46-76)74-57-81(93)88(82(94)58-74)90(96)100-84-50-42-72-54-70(66-33-29-64(30-34-66)62-25-21-60(18-8-4)22-26-62)40-48-78(72)86(84)85-77-47-39-69(65-31-27-63(28-32-65)61-23-19-59(17-7-3)20-24-61)53-71(77)41-49-83(85)99-89(95)87-79(91)55-73(56-80(87)92)67-35-43-75(44-36-67)97-51-15-12-10-6-2/h27-50,53-62H,5-26,51-52H2,1-4H3/t59-,60-,61-,62-. The number of esters is 2. The second-order valence-corrected chi connectivity index (χ2v) is 28.0. The average Bonchev–Trinajstić information content (AvgIpc) is 0.740. The van der Waals surface area contributed by atoms with Gasteiger partial charge in [-0.25, -0.2) is 27.2 Å². The van der Waals surface area contributed by atoms with Crippen molar-refractivity contribution >= 4 is 33.5 Å². The summed E-state index contributed by atoms with van der Waals surface area (Å²) >= 11 is 0. The molecule has 0 bridgehead atoms. The molecule has 10 aromatic rings. The highest BCUT2D eigenvalue weighted by molar-refractivity contribution is 6.12. The SMILES string of the molecule is CCCCCCCCOc1ccc(-c2cc(F)c(C(=O)Oc3ccc4cc(-c5ccc([C@H]6CC[C@H](CCC)CC6)cc5)ccc4c3-c3c(OC(=O)c4c(F)cc(-c5ccc(OCCCCCC)cc5)cc4F)ccc4cc(-c5ccc([C@H]6CC[C@H](CCC)CC6)cc5)ccc34)c(F)c2)cc1. The van der Waals surface area contributed by atoms with Crippen LogP contribution in [-0.2, 0) is 0 Å². The van der Waals surface area contributed by atoms with Crippen molar-refractivity contribution in [2.45, 2.75) is 181 Å². The van der Waals surface area contributed by atoms with Crippen LogP contribution < -0.4 is 18.9 Å². The van der Waals surface area contributed by atoms with Crippen LogP contribution in [0.4, 0.5) is 17.6 Å². The van der Waals surface area contributed by atoms with Gasteiger partial charge in [-0.05, 0) is 238 Å². The fourth-order valence-corrected chi connectivity index (χ4v) is 15.4. The van der Waals surface area contributed by atoms with Gasteiger partial charge in [-0.2, -0.15) is 0 Å². The second-order valence-electron chi connectivity index (χ2n) is 28.0. The fourth-order valence-electron chi connectivity index (χ4n) is 15.4. The molecule has 0 heterocycles. The number of unbranched alkanes of at least 4 members (excludes halogenated alkanes) is 8. The molecule has 6 nitrogen and oxygen atoms in total. The van der Waals surface area contributed by atoms with E-state index in [1.54, 1.807) is 72.8 Å². The molecule has 0 atom stereocenters. The average molecular weight is 1350 g/mol. The molecule has 0 aromatic heterocycles. The normalized spacial score (nSPS) is 16.2. The second kappa shape index (κ2) is 33.9. The van der Waals surface area contributed by atoms with Crippen LogP contribution >= 0.6 is 0 Å². The Hall–Kier alpha value is -9.02. The van der Waals surface area contributed by atoms with E-state index in [1.165, 1.54) is 107 Å². The minimum atomic E-state index is -1.32. The van der Waals surface area contributed by atoms with E-state index < -0.39 is 46.3 Å². The van der Waals surface area contributed by atoms with Gasteiger partial charge in [-0.3, -0.25) is 0 Å². The Balaban J connectivity index is 0.922. The zero-order valence-electron chi connectivity index (χ0n) is 58.6. The van der Waals surface area contributed by atoms with Crippen LogP contribution in [-0.4, -0.2) is 25.2 Å². The van der Waals surface area contributed by atoms with Crippen molar-refractivity contribution < 1.29 is 46.1 Å². The van der Waals surface area contributed by atoms with E-state index in [9.17, 15) is 9.59 Å². The maximum atomic E-state index is 16.7. The van der Waals surface area contributed by atoms with E-state index >= 15 is 17.6 Å². The number of hydrogen-bond donors (Lipinski definition) is 0. The molecule has 0 spiro atoms. The first kappa shape index (κ1) is 70.8. The predicted octanol–water partition coefficient (Wildman–Crippen LogP) is 26.2. The summed E-state index contributed by atoms with van der Waals surface area (Å²) in [5.74, 6) is -3.57. The smallest absolute Gasteiger partial charge is 0.349 e. The maximum absolute atomic E-state index is 16.7. The van der Waals surface area contributed by atoms with Crippen molar-refractivity contribution in [1.82, 2.24) is 0 Å². The van der Waals surface area contributed by atoms with E-state index in [4.69, 9.17) is 18.9 Å². The molecule has 10 aromatic carbocycles. The quantitative estimate of drug-likeness (QED) is 0.0201. The Morgan fingerprint density at radius 1 is 0.340 bits per heavy atom. The third-order valence-electron chi connectivity index (χ3n) is 21.0. The van der Waals surface area contributed by atoms with Crippen LogP contribution in [0.1, 0.15) is 213 Å². The zero-order chi connectivity index (χ0) is 69.5. The van der Waals surface area contributed by atoms with Crippen molar-refractivity contribution in [2.75, 3.05) is 13.2 Å². The van der Waals surface area contributed by atoms with Gasteiger partial charge in [-0.1, -0.05) is 214 Å². The lowest BCUT2D eigenvalue weighted by atomic mass is 9.77. The minimum absolute atomic E-state index is 0.120. The lowest BCUT2D eigenvalue weighted by Crippen LogP contribution is -2.15. The fraction of sp³-hybridized carbons (Fsp3) is 0.356. The highest BCUT2D eigenvalue weighted by Gasteiger charge is 2.30. The summed E-state index contributed by atoms with van der Waals surface area (Å²) in [6.45, 7) is 9.98. The first-order valence-electron chi connectivity index (χ1n) is 37.1. The number of hydrogen-bond acceptors (Lipinski definition) is 6. The molecule has 100 heavy (non-hydrogen) atoms. The molecule has 2 aliphatic rings. The molecule has 2 aliphatic carbocycles. The number of rotatable bonds is 29. The molecule has 10 heteroatoms. The number of fused-ring (bicyclic) bond motifs is 2. The molecular formula is C90H94F4O6.